The Labute approximate surface area is 167 Å². The van der Waals surface area contributed by atoms with Crippen molar-refractivity contribution in [1.82, 2.24) is 0 Å². The zero-order valence-electron chi connectivity index (χ0n) is 17.5. The summed E-state index contributed by atoms with van der Waals surface area (Å²) in [5.41, 5.74) is -0.0409. The summed E-state index contributed by atoms with van der Waals surface area (Å²) < 4.78 is 11.5. The number of fused-ring (bicyclic) bond motifs is 5. The van der Waals surface area contributed by atoms with E-state index < -0.39 is 5.60 Å². The molecule has 4 rings (SSSR count). The Morgan fingerprint density at radius 1 is 1.14 bits per heavy atom. The van der Waals surface area contributed by atoms with Gasteiger partial charge in [0.05, 0.1) is 0 Å². The highest BCUT2D eigenvalue weighted by Gasteiger charge is 2.60. The molecule has 0 unspecified atom stereocenters. The molecule has 1 saturated heterocycles. The molecule has 4 aliphatic rings. The van der Waals surface area contributed by atoms with Gasteiger partial charge in [-0.2, -0.15) is 0 Å². The van der Waals surface area contributed by atoms with Crippen LogP contribution >= 0.6 is 0 Å². The molecule has 7 atom stereocenters. The Balaban J connectivity index is 1.62. The SMILES string of the molecule is CC(=O)O[C@H]1CC[C@@]2(C)[C@@H](CC[C@H]3[C@H]2CC(=O)O[C@]2(C)C(C(C)=O)=CC[C@H]32)C1. The van der Waals surface area contributed by atoms with Gasteiger partial charge in [-0.25, -0.2) is 0 Å². The van der Waals surface area contributed by atoms with E-state index in [0.29, 0.717) is 23.8 Å². The first-order valence-electron chi connectivity index (χ1n) is 10.8. The summed E-state index contributed by atoms with van der Waals surface area (Å²) in [4.78, 5) is 36.4. The molecule has 2 saturated carbocycles. The van der Waals surface area contributed by atoms with Crippen LogP contribution < -0.4 is 0 Å². The second kappa shape index (κ2) is 6.70. The van der Waals surface area contributed by atoms with Crippen molar-refractivity contribution >= 4 is 17.7 Å². The van der Waals surface area contributed by atoms with E-state index in [1.54, 1.807) is 6.92 Å². The third kappa shape index (κ3) is 2.93. The number of esters is 2. The van der Waals surface area contributed by atoms with Gasteiger partial charge in [0.1, 0.15) is 11.7 Å². The highest BCUT2D eigenvalue weighted by Crippen LogP contribution is 2.62. The van der Waals surface area contributed by atoms with Crippen LogP contribution in [-0.2, 0) is 23.9 Å². The summed E-state index contributed by atoms with van der Waals surface area (Å²) in [5.74, 6) is 0.943. The predicted molar refractivity (Wildman–Crippen MR) is 103 cm³/mol. The second-order valence-corrected chi connectivity index (χ2v) is 9.86. The zero-order chi connectivity index (χ0) is 20.3. The maximum absolute atomic E-state index is 12.9. The first kappa shape index (κ1) is 19.7. The Morgan fingerprint density at radius 3 is 2.57 bits per heavy atom. The lowest BCUT2D eigenvalue weighted by atomic mass is 9.49. The second-order valence-electron chi connectivity index (χ2n) is 9.86. The Kier molecular flexibility index (Phi) is 4.71. The largest absolute Gasteiger partial charge is 0.463 e. The smallest absolute Gasteiger partial charge is 0.306 e. The number of rotatable bonds is 2. The molecule has 3 fully saturated rings. The number of Topliss-reactive ketones (excluding diaryl/α,β-unsaturated/α-hetero) is 1. The number of hydrogen-bond donors (Lipinski definition) is 0. The molecular formula is C23H32O5. The average Bonchev–Trinajstić information content (AvgIpc) is 2.87. The molecule has 28 heavy (non-hydrogen) atoms. The first-order chi connectivity index (χ1) is 13.1. The van der Waals surface area contributed by atoms with Gasteiger partial charge in [0, 0.05) is 24.8 Å². The molecule has 0 N–H and O–H groups in total. The highest BCUT2D eigenvalue weighted by molar-refractivity contribution is 5.96. The van der Waals surface area contributed by atoms with Crippen molar-refractivity contribution in [3.05, 3.63) is 11.6 Å². The molecule has 5 heteroatoms. The van der Waals surface area contributed by atoms with Gasteiger partial charge in [-0.05, 0) is 75.5 Å². The van der Waals surface area contributed by atoms with Gasteiger partial charge in [-0.1, -0.05) is 13.0 Å². The van der Waals surface area contributed by atoms with E-state index in [0.717, 1.165) is 38.5 Å². The molecule has 0 spiro atoms. The van der Waals surface area contributed by atoms with Gasteiger partial charge in [0.15, 0.2) is 5.78 Å². The lowest BCUT2D eigenvalue weighted by Crippen LogP contribution is -2.51. The maximum atomic E-state index is 12.9. The van der Waals surface area contributed by atoms with Gasteiger partial charge in [-0.15, -0.1) is 0 Å². The number of ketones is 1. The molecule has 154 valence electrons. The monoisotopic (exact) mass is 388 g/mol. The number of ether oxygens (including phenoxy) is 2. The number of allylic oxidation sites excluding steroid dienone is 1. The van der Waals surface area contributed by atoms with E-state index in [1.807, 2.05) is 13.0 Å². The van der Waals surface area contributed by atoms with Gasteiger partial charge in [0.2, 0.25) is 0 Å². The van der Waals surface area contributed by atoms with Crippen molar-refractivity contribution in [2.24, 2.45) is 29.1 Å². The quantitative estimate of drug-likeness (QED) is 0.669. The van der Waals surface area contributed by atoms with Crippen LogP contribution in [0.15, 0.2) is 11.6 Å². The molecule has 5 nitrogen and oxygen atoms in total. The van der Waals surface area contributed by atoms with E-state index in [1.165, 1.54) is 6.92 Å². The summed E-state index contributed by atoms with van der Waals surface area (Å²) in [5, 5.41) is 0. The fourth-order valence-corrected chi connectivity index (χ4v) is 7.15. The number of hydrogen-bond acceptors (Lipinski definition) is 5. The van der Waals surface area contributed by atoms with E-state index in [4.69, 9.17) is 9.47 Å². The molecule has 0 aromatic carbocycles. The number of carbonyl (C=O) groups is 3. The predicted octanol–water partition coefficient (Wildman–Crippen LogP) is 3.99. The highest BCUT2D eigenvalue weighted by atomic mass is 16.6. The minimum atomic E-state index is -0.777. The fraction of sp³-hybridized carbons (Fsp3) is 0.783. The normalized spacial score (nSPS) is 44.9. The molecule has 0 aromatic heterocycles. The molecule has 3 aliphatic carbocycles. The molecule has 1 heterocycles. The summed E-state index contributed by atoms with van der Waals surface area (Å²) in [7, 11) is 0. The van der Waals surface area contributed by atoms with E-state index in [-0.39, 0.29) is 41.1 Å². The maximum Gasteiger partial charge on any atom is 0.306 e. The average molecular weight is 389 g/mol. The van der Waals surface area contributed by atoms with Crippen molar-refractivity contribution in [2.45, 2.75) is 84.3 Å². The van der Waals surface area contributed by atoms with Crippen LogP contribution in [0.2, 0.25) is 0 Å². The van der Waals surface area contributed by atoms with Crippen LogP contribution in [0.25, 0.3) is 0 Å². The topological polar surface area (TPSA) is 69.7 Å². The van der Waals surface area contributed by atoms with Crippen LogP contribution in [0, 0.1) is 29.1 Å². The van der Waals surface area contributed by atoms with Crippen LogP contribution in [-0.4, -0.2) is 29.4 Å². The molecule has 1 aliphatic heterocycles. The van der Waals surface area contributed by atoms with Crippen LogP contribution in [0.4, 0.5) is 0 Å². The lowest BCUT2D eigenvalue weighted by Gasteiger charge is -2.55. The summed E-state index contributed by atoms with van der Waals surface area (Å²) >= 11 is 0. The van der Waals surface area contributed by atoms with Crippen LogP contribution in [0.5, 0.6) is 0 Å². The Morgan fingerprint density at radius 2 is 1.89 bits per heavy atom. The van der Waals surface area contributed by atoms with Crippen molar-refractivity contribution < 1.29 is 23.9 Å². The van der Waals surface area contributed by atoms with Gasteiger partial charge < -0.3 is 9.47 Å². The Bertz CT molecular complexity index is 739. The standard InChI is InChI=1S/C23H32O5/c1-13(24)18-7-8-19-17-6-5-15-11-16(27-14(2)25)9-10-22(15,3)20(17)12-21(26)28-23(18,19)4/h7,15-17,19-20H,5-6,8-12H2,1-4H3/t15-,16-,17+,19+,20+,22-,23+/m0/s1. The summed E-state index contributed by atoms with van der Waals surface area (Å²) in [6.45, 7) is 7.34. The van der Waals surface area contributed by atoms with Crippen molar-refractivity contribution in [1.29, 1.82) is 0 Å². The molecule has 0 radical (unpaired) electrons. The van der Waals surface area contributed by atoms with E-state index in [2.05, 4.69) is 6.92 Å². The van der Waals surface area contributed by atoms with Crippen molar-refractivity contribution in [3.63, 3.8) is 0 Å². The molecule has 0 amide bonds. The number of carbonyl (C=O) groups excluding carboxylic acids is 3. The minimum Gasteiger partial charge on any atom is -0.463 e. The zero-order valence-corrected chi connectivity index (χ0v) is 17.5. The van der Waals surface area contributed by atoms with Crippen molar-refractivity contribution in [2.75, 3.05) is 0 Å². The summed E-state index contributed by atoms with van der Waals surface area (Å²) in [6.07, 6.45) is 8.14. The van der Waals surface area contributed by atoms with E-state index in [9.17, 15) is 14.4 Å². The van der Waals surface area contributed by atoms with Gasteiger partial charge in [0.25, 0.3) is 0 Å². The lowest BCUT2D eigenvalue weighted by molar-refractivity contribution is -0.157. The summed E-state index contributed by atoms with van der Waals surface area (Å²) in [6, 6.07) is 0. The van der Waals surface area contributed by atoms with Crippen LogP contribution in [0.1, 0.15) is 72.6 Å². The Hall–Kier alpha value is -1.65. The van der Waals surface area contributed by atoms with Crippen LogP contribution in [0.3, 0.4) is 0 Å². The van der Waals surface area contributed by atoms with E-state index >= 15 is 0 Å². The molecular weight excluding hydrogens is 356 g/mol. The molecule has 0 aromatic rings. The third-order valence-electron chi connectivity index (χ3n) is 8.46. The molecule has 0 bridgehead atoms. The minimum absolute atomic E-state index is 0.00702. The fourth-order valence-electron chi connectivity index (χ4n) is 7.15. The van der Waals surface area contributed by atoms with Crippen molar-refractivity contribution in [3.8, 4) is 0 Å². The third-order valence-corrected chi connectivity index (χ3v) is 8.46. The van der Waals surface area contributed by atoms with Gasteiger partial charge in [-0.3, -0.25) is 14.4 Å². The first-order valence-corrected chi connectivity index (χ1v) is 10.8. The van der Waals surface area contributed by atoms with Gasteiger partial charge >= 0.3 is 11.9 Å².